The summed E-state index contributed by atoms with van der Waals surface area (Å²) in [6, 6.07) is 4.22. The number of nitrogens with zero attached hydrogens (tertiary/aromatic N) is 2. The van der Waals surface area contributed by atoms with Gasteiger partial charge in [-0.2, -0.15) is 0 Å². The molecule has 1 unspecified atom stereocenters. The lowest BCUT2D eigenvalue weighted by atomic mass is 10.1. The van der Waals surface area contributed by atoms with Gasteiger partial charge in [-0.05, 0) is 40.4 Å². The van der Waals surface area contributed by atoms with Crippen molar-refractivity contribution in [3.05, 3.63) is 34.2 Å². The molecule has 3 nitrogen and oxygen atoms in total. The van der Waals surface area contributed by atoms with E-state index in [4.69, 9.17) is 9.72 Å². The molecule has 3 heterocycles. The number of aromatic nitrogens is 2. The quantitative estimate of drug-likeness (QED) is 0.850. The predicted molar refractivity (Wildman–Crippen MR) is 70.4 cm³/mol. The third kappa shape index (κ3) is 1.79. The minimum Gasteiger partial charge on any atom is -0.381 e. The van der Waals surface area contributed by atoms with E-state index in [1.807, 2.05) is 0 Å². The summed E-state index contributed by atoms with van der Waals surface area (Å²) >= 11 is 3.67. The molecule has 1 saturated heterocycles. The highest BCUT2D eigenvalue weighted by molar-refractivity contribution is 9.10. The van der Waals surface area contributed by atoms with E-state index in [0.29, 0.717) is 5.92 Å². The molecule has 4 heteroatoms. The average molecular weight is 295 g/mol. The number of pyridine rings is 1. The van der Waals surface area contributed by atoms with Crippen molar-refractivity contribution in [1.29, 1.82) is 0 Å². The van der Waals surface area contributed by atoms with E-state index < -0.39 is 0 Å². The number of aryl methyl sites for hydroxylation is 1. The summed E-state index contributed by atoms with van der Waals surface area (Å²) in [6.07, 6.45) is 4.14. The normalized spacial score (nSPS) is 20.2. The van der Waals surface area contributed by atoms with Gasteiger partial charge in [0, 0.05) is 18.7 Å². The Morgan fingerprint density at radius 1 is 1.59 bits per heavy atom. The second kappa shape index (κ2) is 4.42. The van der Waals surface area contributed by atoms with E-state index >= 15 is 0 Å². The van der Waals surface area contributed by atoms with E-state index in [-0.39, 0.29) is 0 Å². The molecule has 2 aromatic rings. The number of hydrogen-bond acceptors (Lipinski definition) is 2. The molecule has 90 valence electrons. The van der Waals surface area contributed by atoms with E-state index in [1.165, 1.54) is 5.56 Å². The molecular formula is C13H15BrN2O. The molecule has 17 heavy (non-hydrogen) atoms. The van der Waals surface area contributed by atoms with Gasteiger partial charge in [-0.1, -0.05) is 13.0 Å². The molecule has 1 atom stereocenters. The first-order chi connectivity index (χ1) is 8.31. The van der Waals surface area contributed by atoms with Crippen molar-refractivity contribution in [2.75, 3.05) is 13.2 Å². The fourth-order valence-corrected chi connectivity index (χ4v) is 3.10. The van der Waals surface area contributed by atoms with E-state index in [2.05, 4.69) is 45.6 Å². The average Bonchev–Trinajstić information content (AvgIpc) is 2.97. The maximum absolute atomic E-state index is 5.45. The maximum Gasteiger partial charge on any atom is 0.141 e. The molecule has 2 aromatic heterocycles. The molecule has 1 aliphatic heterocycles. The first-order valence-electron chi connectivity index (χ1n) is 6.04. The number of fused-ring (bicyclic) bond motifs is 1. The van der Waals surface area contributed by atoms with Crippen LogP contribution in [0, 0.1) is 0 Å². The van der Waals surface area contributed by atoms with Crippen LogP contribution in [0.3, 0.4) is 0 Å². The van der Waals surface area contributed by atoms with Gasteiger partial charge in [0.15, 0.2) is 0 Å². The summed E-state index contributed by atoms with van der Waals surface area (Å²) in [7, 11) is 0. The molecule has 0 N–H and O–H groups in total. The SMILES string of the molecule is CCc1cccn2c(Br)c(C3CCOC3)nc12. The largest absolute Gasteiger partial charge is 0.381 e. The molecule has 0 aliphatic carbocycles. The Kier molecular flexibility index (Phi) is 2.92. The van der Waals surface area contributed by atoms with Crippen LogP contribution in [0.2, 0.25) is 0 Å². The van der Waals surface area contributed by atoms with Gasteiger partial charge >= 0.3 is 0 Å². The summed E-state index contributed by atoms with van der Waals surface area (Å²) < 4.78 is 8.66. The fraction of sp³-hybridized carbons (Fsp3) is 0.462. The van der Waals surface area contributed by atoms with Gasteiger partial charge in [0.2, 0.25) is 0 Å². The van der Waals surface area contributed by atoms with Gasteiger partial charge in [0.25, 0.3) is 0 Å². The van der Waals surface area contributed by atoms with Crippen LogP contribution in [0.5, 0.6) is 0 Å². The van der Waals surface area contributed by atoms with E-state index in [1.54, 1.807) is 0 Å². The molecule has 0 bridgehead atoms. The first-order valence-corrected chi connectivity index (χ1v) is 6.83. The fourth-order valence-electron chi connectivity index (χ4n) is 2.40. The van der Waals surface area contributed by atoms with Gasteiger partial charge < -0.3 is 4.74 Å². The van der Waals surface area contributed by atoms with Crippen molar-refractivity contribution in [1.82, 2.24) is 9.38 Å². The van der Waals surface area contributed by atoms with Crippen molar-refractivity contribution in [3.63, 3.8) is 0 Å². The highest BCUT2D eigenvalue weighted by Gasteiger charge is 2.24. The molecule has 0 spiro atoms. The summed E-state index contributed by atoms with van der Waals surface area (Å²) in [6.45, 7) is 3.81. The maximum atomic E-state index is 5.45. The molecule has 3 rings (SSSR count). The smallest absolute Gasteiger partial charge is 0.141 e. The highest BCUT2D eigenvalue weighted by atomic mass is 79.9. The molecule has 0 aromatic carbocycles. The monoisotopic (exact) mass is 294 g/mol. The van der Waals surface area contributed by atoms with Gasteiger partial charge in [-0.15, -0.1) is 0 Å². The number of ether oxygens (including phenoxy) is 1. The highest BCUT2D eigenvalue weighted by Crippen LogP contribution is 2.32. The second-order valence-electron chi connectivity index (χ2n) is 4.43. The minimum absolute atomic E-state index is 0.439. The number of rotatable bonds is 2. The molecule has 1 fully saturated rings. The van der Waals surface area contributed by atoms with Crippen molar-refractivity contribution in [2.45, 2.75) is 25.7 Å². The lowest BCUT2D eigenvalue weighted by Gasteiger charge is -2.03. The van der Waals surface area contributed by atoms with Crippen molar-refractivity contribution in [3.8, 4) is 0 Å². The molecule has 0 amide bonds. The lowest BCUT2D eigenvalue weighted by Crippen LogP contribution is -1.98. The summed E-state index contributed by atoms with van der Waals surface area (Å²) in [5, 5.41) is 0. The van der Waals surface area contributed by atoms with Crippen LogP contribution in [0.25, 0.3) is 5.65 Å². The van der Waals surface area contributed by atoms with Crippen molar-refractivity contribution >= 4 is 21.6 Å². The van der Waals surface area contributed by atoms with Gasteiger partial charge in [0.1, 0.15) is 10.3 Å². The summed E-state index contributed by atoms with van der Waals surface area (Å²) in [4.78, 5) is 4.80. The number of hydrogen-bond donors (Lipinski definition) is 0. The molecule has 0 radical (unpaired) electrons. The van der Waals surface area contributed by atoms with Crippen LogP contribution in [-0.4, -0.2) is 22.6 Å². The minimum atomic E-state index is 0.439. The Morgan fingerprint density at radius 2 is 2.47 bits per heavy atom. The summed E-state index contributed by atoms with van der Waals surface area (Å²) in [5.41, 5.74) is 3.51. The first kappa shape index (κ1) is 11.2. The van der Waals surface area contributed by atoms with Crippen LogP contribution in [-0.2, 0) is 11.2 Å². The Bertz CT molecular complexity index is 544. The topological polar surface area (TPSA) is 26.5 Å². The zero-order chi connectivity index (χ0) is 11.8. The van der Waals surface area contributed by atoms with Crippen LogP contribution < -0.4 is 0 Å². The van der Waals surface area contributed by atoms with Gasteiger partial charge in [-0.3, -0.25) is 4.40 Å². The molecule has 1 aliphatic rings. The van der Waals surface area contributed by atoms with E-state index in [0.717, 1.165) is 42.0 Å². The number of halogens is 1. The van der Waals surface area contributed by atoms with Gasteiger partial charge in [-0.25, -0.2) is 4.98 Å². The van der Waals surface area contributed by atoms with Crippen LogP contribution in [0.4, 0.5) is 0 Å². The van der Waals surface area contributed by atoms with Gasteiger partial charge in [0.05, 0.1) is 12.3 Å². The predicted octanol–water partition coefficient (Wildman–Crippen LogP) is 3.16. The number of imidazole rings is 1. The Balaban J connectivity index is 2.16. The third-order valence-electron chi connectivity index (χ3n) is 3.39. The van der Waals surface area contributed by atoms with E-state index in [9.17, 15) is 0 Å². The molecular weight excluding hydrogens is 280 g/mol. The third-order valence-corrected chi connectivity index (χ3v) is 4.18. The van der Waals surface area contributed by atoms with Crippen molar-refractivity contribution < 1.29 is 4.74 Å². The van der Waals surface area contributed by atoms with Crippen LogP contribution in [0.1, 0.15) is 30.5 Å². The summed E-state index contributed by atoms with van der Waals surface area (Å²) in [5.74, 6) is 0.439. The lowest BCUT2D eigenvalue weighted by molar-refractivity contribution is 0.193. The molecule has 0 saturated carbocycles. The van der Waals surface area contributed by atoms with Crippen LogP contribution >= 0.6 is 15.9 Å². The Morgan fingerprint density at radius 3 is 3.18 bits per heavy atom. The second-order valence-corrected chi connectivity index (χ2v) is 5.18. The standard InChI is InChI=1S/C13H15BrN2O/c1-2-9-4-3-6-16-12(14)11(15-13(9)16)10-5-7-17-8-10/h3-4,6,10H,2,5,7-8H2,1H3. The zero-order valence-corrected chi connectivity index (χ0v) is 11.4. The van der Waals surface area contributed by atoms with Crippen molar-refractivity contribution in [2.24, 2.45) is 0 Å². The van der Waals surface area contributed by atoms with Crippen LogP contribution in [0.15, 0.2) is 22.9 Å². The Labute approximate surface area is 109 Å². The Hall–Kier alpha value is -0.870. The zero-order valence-electron chi connectivity index (χ0n) is 9.82.